The number of nitrogens with one attached hydrogen (secondary N) is 1. The summed E-state index contributed by atoms with van der Waals surface area (Å²) >= 11 is 1.70. The van der Waals surface area contributed by atoms with Crippen LogP contribution in [0.1, 0.15) is 54.9 Å². The van der Waals surface area contributed by atoms with Gasteiger partial charge in [-0.15, -0.1) is 11.3 Å². The number of anilines is 2. The summed E-state index contributed by atoms with van der Waals surface area (Å²) in [6, 6.07) is 0. The molecule has 0 fully saturated rings. The van der Waals surface area contributed by atoms with Crippen LogP contribution in [0, 0.1) is 13.8 Å². The number of aryl methyl sites for hydroxylation is 4. The molecule has 3 aromatic heterocycles. The molecule has 0 bridgehead atoms. The monoisotopic (exact) mass is 385 g/mol. The number of nitrogens with zero attached hydrogens (tertiary/aromatic N) is 4. The lowest BCUT2D eigenvalue weighted by Crippen LogP contribution is -2.24. The molecule has 3 heterocycles. The standard InChI is InChI=1S/C20H27N5OS/c1-5-11-24-19(26)16-14-9-7-8-10-15(14)27-18(16)22-20(24)21-17-12(3)23-25(6-2)13(17)4/h5-11H2,1-4H3,(H,21,22). The molecule has 4 rings (SSSR count). The molecule has 0 saturated heterocycles. The molecule has 0 atom stereocenters. The topological polar surface area (TPSA) is 64.7 Å². The lowest BCUT2D eigenvalue weighted by molar-refractivity contribution is 0.634. The SMILES string of the molecule is CCCn1c(Nc2c(C)nn(CC)c2C)nc2sc3c(c2c1=O)CCCC3. The molecule has 1 aliphatic rings. The van der Waals surface area contributed by atoms with Crippen molar-refractivity contribution in [1.82, 2.24) is 19.3 Å². The minimum absolute atomic E-state index is 0.0990. The fourth-order valence-electron chi connectivity index (χ4n) is 4.06. The summed E-state index contributed by atoms with van der Waals surface area (Å²) in [5.41, 5.74) is 4.30. The third-order valence-electron chi connectivity index (χ3n) is 5.44. The molecule has 144 valence electrons. The first-order valence-electron chi connectivity index (χ1n) is 9.91. The molecule has 0 aromatic carbocycles. The van der Waals surface area contributed by atoms with Crippen LogP contribution < -0.4 is 10.9 Å². The van der Waals surface area contributed by atoms with Crippen molar-refractivity contribution in [1.29, 1.82) is 0 Å². The van der Waals surface area contributed by atoms with Crippen molar-refractivity contribution in [2.75, 3.05) is 5.32 Å². The van der Waals surface area contributed by atoms with E-state index in [1.54, 1.807) is 11.3 Å². The van der Waals surface area contributed by atoms with Gasteiger partial charge in [-0.05, 0) is 58.4 Å². The molecule has 0 amide bonds. The van der Waals surface area contributed by atoms with Gasteiger partial charge < -0.3 is 5.32 Å². The number of aromatic nitrogens is 4. The Morgan fingerprint density at radius 1 is 1.19 bits per heavy atom. The number of hydrogen-bond acceptors (Lipinski definition) is 5. The van der Waals surface area contributed by atoms with E-state index in [0.717, 1.165) is 53.1 Å². The van der Waals surface area contributed by atoms with Gasteiger partial charge in [0.05, 0.1) is 22.5 Å². The highest BCUT2D eigenvalue weighted by Gasteiger charge is 2.22. The summed E-state index contributed by atoms with van der Waals surface area (Å²) < 4.78 is 3.79. The predicted octanol–water partition coefficient (Wildman–Crippen LogP) is 4.32. The molecule has 0 saturated carbocycles. The zero-order valence-electron chi connectivity index (χ0n) is 16.6. The van der Waals surface area contributed by atoms with Crippen LogP contribution in [0.25, 0.3) is 10.2 Å². The van der Waals surface area contributed by atoms with Crippen LogP contribution in [0.2, 0.25) is 0 Å². The molecule has 0 spiro atoms. The Kier molecular flexibility index (Phi) is 4.80. The van der Waals surface area contributed by atoms with E-state index < -0.39 is 0 Å². The van der Waals surface area contributed by atoms with Crippen molar-refractivity contribution in [3.63, 3.8) is 0 Å². The van der Waals surface area contributed by atoms with Crippen LogP contribution in [-0.2, 0) is 25.9 Å². The second-order valence-electron chi connectivity index (χ2n) is 7.27. The summed E-state index contributed by atoms with van der Waals surface area (Å²) in [6.45, 7) is 9.70. The molecule has 1 N–H and O–H groups in total. The van der Waals surface area contributed by atoms with Crippen molar-refractivity contribution in [3.05, 3.63) is 32.2 Å². The largest absolute Gasteiger partial charge is 0.322 e. The zero-order chi connectivity index (χ0) is 19.1. The van der Waals surface area contributed by atoms with Crippen molar-refractivity contribution >= 4 is 33.2 Å². The fourth-order valence-corrected chi connectivity index (χ4v) is 5.31. The van der Waals surface area contributed by atoms with E-state index in [1.165, 1.54) is 23.3 Å². The average Bonchev–Trinajstić information content (AvgIpc) is 3.16. The van der Waals surface area contributed by atoms with Crippen molar-refractivity contribution in [2.24, 2.45) is 0 Å². The maximum Gasteiger partial charge on any atom is 0.263 e. The lowest BCUT2D eigenvalue weighted by Gasteiger charge is -2.14. The molecular formula is C20H27N5OS. The van der Waals surface area contributed by atoms with Gasteiger partial charge in [0.25, 0.3) is 5.56 Å². The summed E-state index contributed by atoms with van der Waals surface area (Å²) in [7, 11) is 0. The Morgan fingerprint density at radius 3 is 2.67 bits per heavy atom. The number of fused-ring (bicyclic) bond motifs is 3. The molecule has 0 aliphatic heterocycles. The van der Waals surface area contributed by atoms with Crippen LogP contribution in [0.4, 0.5) is 11.6 Å². The van der Waals surface area contributed by atoms with Gasteiger partial charge in [0.15, 0.2) is 0 Å². The van der Waals surface area contributed by atoms with Crippen molar-refractivity contribution in [2.45, 2.75) is 72.9 Å². The third-order valence-corrected chi connectivity index (χ3v) is 6.63. The number of rotatable bonds is 5. The van der Waals surface area contributed by atoms with Gasteiger partial charge in [-0.3, -0.25) is 14.0 Å². The summed E-state index contributed by atoms with van der Waals surface area (Å²) in [5, 5.41) is 8.87. The Balaban J connectivity index is 1.88. The smallest absolute Gasteiger partial charge is 0.263 e. The van der Waals surface area contributed by atoms with Crippen molar-refractivity contribution < 1.29 is 0 Å². The molecule has 27 heavy (non-hydrogen) atoms. The average molecular weight is 386 g/mol. The Hall–Kier alpha value is -2.15. The van der Waals surface area contributed by atoms with Crippen LogP contribution in [0.15, 0.2) is 4.79 Å². The van der Waals surface area contributed by atoms with Gasteiger partial charge in [-0.2, -0.15) is 5.10 Å². The van der Waals surface area contributed by atoms with E-state index in [0.29, 0.717) is 12.5 Å². The minimum Gasteiger partial charge on any atom is -0.322 e. The summed E-state index contributed by atoms with van der Waals surface area (Å²) in [6.07, 6.45) is 5.35. The first kappa shape index (κ1) is 18.2. The quantitative estimate of drug-likeness (QED) is 0.710. The molecule has 0 unspecified atom stereocenters. The minimum atomic E-state index is 0.0990. The van der Waals surface area contributed by atoms with Gasteiger partial charge in [0, 0.05) is 18.0 Å². The van der Waals surface area contributed by atoms with Crippen LogP contribution >= 0.6 is 11.3 Å². The summed E-state index contributed by atoms with van der Waals surface area (Å²) in [4.78, 5) is 20.5. The Bertz CT molecular complexity index is 1060. The van der Waals surface area contributed by atoms with Crippen LogP contribution in [0.5, 0.6) is 0 Å². The van der Waals surface area contributed by atoms with E-state index in [-0.39, 0.29) is 5.56 Å². The fraction of sp³-hybridized carbons (Fsp3) is 0.550. The van der Waals surface area contributed by atoms with E-state index in [2.05, 4.69) is 31.2 Å². The second-order valence-corrected chi connectivity index (χ2v) is 8.35. The molecule has 6 nitrogen and oxygen atoms in total. The highest BCUT2D eigenvalue weighted by molar-refractivity contribution is 7.18. The number of hydrogen-bond donors (Lipinski definition) is 1. The predicted molar refractivity (Wildman–Crippen MR) is 111 cm³/mol. The van der Waals surface area contributed by atoms with Gasteiger partial charge in [0.2, 0.25) is 5.95 Å². The van der Waals surface area contributed by atoms with E-state index in [1.807, 2.05) is 16.2 Å². The second kappa shape index (κ2) is 7.11. The lowest BCUT2D eigenvalue weighted by atomic mass is 9.97. The maximum absolute atomic E-state index is 13.4. The molecule has 3 aromatic rings. The maximum atomic E-state index is 13.4. The van der Waals surface area contributed by atoms with Gasteiger partial charge in [0.1, 0.15) is 4.83 Å². The molecule has 1 aliphatic carbocycles. The normalized spacial score (nSPS) is 13.9. The van der Waals surface area contributed by atoms with E-state index >= 15 is 0 Å². The molecule has 0 radical (unpaired) electrons. The molecular weight excluding hydrogens is 358 g/mol. The first-order chi connectivity index (χ1) is 13.0. The Labute approximate surface area is 163 Å². The van der Waals surface area contributed by atoms with Gasteiger partial charge in [-0.25, -0.2) is 4.98 Å². The Morgan fingerprint density at radius 2 is 1.96 bits per heavy atom. The first-order valence-corrected chi connectivity index (χ1v) is 10.7. The highest BCUT2D eigenvalue weighted by atomic mass is 32.1. The van der Waals surface area contributed by atoms with Gasteiger partial charge in [-0.1, -0.05) is 6.92 Å². The number of thiophene rings is 1. The zero-order valence-corrected chi connectivity index (χ0v) is 17.4. The van der Waals surface area contributed by atoms with E-state index in [4.69, 9.17) is 4.98 Å². The van der Waals surface area contributed by atoms with Crippen molar-refractivity contribution in [3.8, 4) is 0 Å². The third kappa shape index (κ3) is 2.98. The highest BCUT2D eigenvalue weighted by Crippen LogP contribution is 2.35. The molecule has 7 heteroatoms. The van der Waals surface area contributed by atoms with E-state index in [9.17, 15) is 4.79 Å². The van der Waals surface area contributed by atoms with Gasteiger partial charge >= 0.3 is 0 Å². The van der Waals surface area contributed by atoms with Crippen LogP contribution in [0.3, 0.4) is 0 Å². The summed E-state index contributed by atoms with van der Waals surface area (Å²) in [5.74, 6) is 0.634. The van der Waals surface area contributed by atoms with Crippen LogP contribution in [-0.4, -0.2) is 19.3 Å².